The summed E-state index contributed by atoms with van der Waals surface area (Å²) in [7, 11) is 0. The molecule has 17 atom stereocenters. The first-order chi connectivity index (χ1) is 41.8. The molecule has 3 saturated heterocycles. The second-order valence-electron chi connectivity index (χ2n) is 22.8. The number of amides is 1. The van der Waals surface area contributed by atoms with Crippen molar-refractivity contribution in [2.45, 2.75) is 291 Å². The fourth-order valence-electron chi connectivity index (χ4n) is 10.3. The molecule has 0 bridgehead atoms. The molecule has 3 aliphatic heterocycles. The Morgan fingerprint density at radius 1 is 0.430 bits per heavy atom. The van der Waals surface area contributed by atoms with Gasteiger partial charge in [-0.15, -0.1) is 0 Å². The number of rotatable bonds is 47. The van der Waals surface area contributed by atoms with E-state index in [1.807, 2.05) is 6.08 Å². The summed E-state index contributed by atoms with van der Waals surface area (Å²) in [6.45, 7) is 1.57. The molecule has 3 rings (SSSR count). The van der Waals surface area contributed by atoms with Crippen molar-refractivity contribution in [2.24, 2.45) is 0 Å². The van der Waals surface area contributed by atoms with E-state index >= 15 is 0 Å². The molecule has 0 spiro atoms. The highest BCUT2D eigenvalue weighted by Crippen LogP contribution is 2.33. The van der Waals surface area contributed by atoms with Crippen LogP contribution >= 0.6 is 0 Å². The fraction of sp³-hybridized carbons (Fsp3) is 0.746. The van der Waals surface area contributed by atoms with Crippen LogP contribution in [0.2, 0.25) is 0 Å². The zero-order chi connectivity index (χ0) is 62.6. The maximum absolute atomic E-state index is 13.4. The molecule has 494 valence electrons. The number of aliphatic hydroxyl groups excluding tert-OH is 11. The highest BCUT2D eigenvalue weighted by Gasteiger charge is 2.53. The van der Waals surface area contributed by atoms with Crippen LogP contribution in [0.1, 0.15) is 187 Å². The van der Waals surface area contributed by atoms with E-state index in [2.05, 4.69) is 104 Å². The molecule has 1 amide bonds. The van der Waals surface area contributed by atoms with Crippen LogP contribution in [-0.4, -0.2) is 193 Å². The maximum atomic E-state index is 13.4. The van der Waals surface area contributed by atoms with E-state index < -0.39 is 124 Å². The van der Waals surface area contributed by atoms with E-state index in [9.17, 15) is 61.0 Å². The average molecular weight is 1220 g/mol. The van der Waals surface area contributed by atoms with Crippen LogP contribution < -0.4 is 5.32 Å². The van der Waals surface area contributed by atoms with Gasteiger partial charge < -0.3 is 89.9 Å². The smallest absolute Gasteiger partial charge is 0.220 e. The Balaban J connectivity index is 1.48. The topological polar surface area (TPSA) is 307 Å². The van der Waals surface area contributed by atoms with Crippen molar-refractivity contribution in [3.63, 3.8) is 0 Å². The van der Waals surface area contributed by atoms with Crippen molar-refractivity contribution in [1.29, 1.82) is 0 Å². The zero-order valence-corrected chi connectivity index (χ0v) is 51.7. The number of allylic oxidation sites excluding steroid dienone is 15. The van der Waals surface area contributed by atoms with Crippen LogP contribution in [0.5, 0.6) is 0 Å². The maximum Gasteiger partial charge on any atom is 0.220 e. The summed E-state index contributed by atoms with van der Waals surface area (Å²) in [5.74, 6) is -0.312. The van der Waals surface area contributed by atoms with Gasteiger partial charge in [0.25, 0.3) is 0 Å². The van der Waals surface area contributed by atoms with Crippen molar-refractivity contribution >= 4 is 5.91 Å². The monoisotopic (exact) mass is 1220 g/mol. The number of hydrogen-bond donors (Lipinski definition) is 12. The van der Waals surface area contributed by atoms with Gasteiger partial charge in [0.15, 0.2) is 18.9 Å². The molecular weight excluding hydrogens is 1110 g/mol. The second-order valence-corrected chi connectivity index (χ2v) is 22.8. The summed E-state index contributed by atoms with van der Waals surface area (Å²) in [6.07, 6.45) is 35.2. The molecule has 0 aromatic heterocycles. The molecule has 0 saturated carbocycles. The third-order valence-electron chi connectivity index (χ3n) is 15.6. The first kappa shape index (κ1) is 77.0. The van der Waals surface area contributed by atoms with Gasteiger partial charge in [0.1, 0.15) is 73.2 Å². The summed E-state index contributed by atoms with van der Waals surface area (Å²) < 4.78 is 34.3. The van der Waals surface area contributed by atoms with E-state index in [-0.39, 0.29) is 18.9 Å². The Bertz CT molecular complexity index is 1940. The fourth-order valence-corrected chi connectivity index (χ4v) is 10.3. The minimum atomic E-state index is -1.99. The van der Waals surface area contributed by atoms with Crippen molar-refractivity contribution in [2.75, 3.05) is 26.4 Å². The molecule has 3 aliphatic rings. The summed E-state index contributed by atoms with van der Waals surface area (Å²) in [5.41, 5.74) is 0. The van der Waals surface area contributed by atoms with Crippen molar-refractivity contribution in [3.05, 3.63) is 97.2 Å². The largest absolute Gasteiger partial charge is 0.394 e. The van der Waals surface area contributed by atoms with Crippen molar-refractivity contribution < 1.29 is 89.4 Å². The minimum Gasteiger partial charge on any atom is -0.394 e. The molecule has 0 aliphatic carbocycles. The summed E-state index contributed by atoms with van der Waals surface area (Å²) >= 11 is 0. The van der Waals surface area contributed by atoms with Crippen LogP contribution in [0.25, 0.3) is 0 Å². The number of unbranched alkanes of at least 4 members (excludes halogenated alkanes) is 17. The van der Waals surface area contributed by atoms with Crippen LogP contribution in [0.3, 0.4) is 0 Å². The molecule has 3 heterocycles. The lowest BCUT2D eigenvalue weighted by Gasteiger charge is -2.48. The molecule has 19 heteroatoms. The standard InChI is InChI=1S/C67H113NO18/c1-3-5-7-9-11-13-15-17-19-21-22-23-24-25-26-27-28-29-31-33-35-37-39-41-43-45-55(73)68-50(51(72)44-42-40-38-36-34-32-30-20-18-16-14-12-10-8-6-4-2)49-81-65-61(79)58(76)63(53(47-70)83-65)86-67-62(80)59(77)64(54(48-71)84-67)85-66-60(78)57(75)56(74)52(46-69)82-66/h5,7,11,13,17,19,22-23,25-26,28-29,33,35,42,44,50-54,56-67,69-72,74-80H,3-4,6,8-10,12,14-16,18,20-21,24,27,30-32,34,36-41,43,45-49H2,1-2H3,(H,68,73)/b7-5-,13-11-,19-17-,23-22-,26-25-,29-28-,35-33-,44-42+. The van der Waals surface area contributed by atoms with Gasteiger partial charge in [-0.3, -0.25) is 4.79 Å². The molecule has 86 heavy (non-hydrogen) atoms. The van der Waals surface area contributed by atoms with E-state index in [1.165, 1.54) is 70.6 Å². The van der Waals surface area contributed by atoms with Crippen LogP contribution in [0, 0.1) is 0 Å². The molecule has 17 unspecified atom stereocenters. The highest BCUT2D eigenvalue weighted by atomic mass is 16.8. The Kier molecular flexibility index (Phi) is 43.4. The molecule has 0 radical (unpaired) electrons. The number of carbonyl (C=O) groups is 1. The molecule has 19 nitrogen and oxygen atoms in total. The van der Waals surface area contributed by atoms with Crippen molar-refractivity contribution in [3.8, 4) is 0 Å². The lowest BCUT2D eigenvalue weighted by Crippen LogP contribution is -2.66. The van der Waals surface area contributed by atoms with Gasteiger partial charge in [0, 0.05) is 6.42 Å². The van der Waals surface area contributed by atoms with E-state index in [0.717, 1.165) is 89.9 Å². The Morgan fingerprint density at radius 2 is 0.802 bits per heavy atom. The normalized spacial score (nSPS) is 29.4. The highest BCUT2D eigenvalue weighted by molar-refractivity contribution is 5.76. The SMILES string of the molecule is CC/C=C\C/C=C\C/C=C\C/C=C\C/C=C\C/C=C\C/C=C\CCCCCC(=O)NC(COC1OC(CO)C(OC2OC(CO)C(OC3OC(CO)C(O)C(O)C3O)C(O)C2O)C(O)C1O)C(O)/C=C/CCCCCCCCCCCCCCCC. The Morgan fingerprint density at radius 3 is 1.26 bits per heavy atom. The lowest BCUT2D eigenvalue weighted by atomic mass is 9.96. The number of nitrogens with one attached hydrogen (secondary N) is 1. The average Bonchev–Trinajstić information content (AvgIpc) is 3.70. The van der Waals surface area contributed by atoms with Gasteiger partial charge >= 0.3 is 0 Å². The van der Waals surface area contributed by atoms with Crippen LogP contribution in [0.4, 0.5) is 0 Å². The summed E-state index contributed by atoms with van der Waals surface area (Å²) in [4.78, 5) is 13.4. The van der Waals surface area contributed by atoms with E-state index in [0.29, 0.717) is 6.42 Å². The summed E-state index contributed by atoms with van der Waals surface area (Å²) in [5, 5.41) is 120. The molecule has 0 aromatic rings. The first-order valence-electron chi connectivity index (χ1n) is 32.5. The van der Waals surface area contributed by atoms with Gasteiger partial charge in [0.2, 0.25) is 5.91 Å². The summed E-state index contributed by atoms with van der Waals surface area (Å²) in [6, 6.07) is -0.998. The molecule has 12 N–H and O–H groups in total. The number of ether oxygens (including phenoxy) is 6. The van der Waals surface area contributed by atoms with Crippen LogP contribution in [0.15, 0.2) is 97.2 Å². The van der Waals surface area contributed by atoms with Gasteiger partial charge in [-0.2, -0.15) is 0 Å². The number of aliphatic hydroxyl groups is 11. The number of hydrogen-bond acceptors (Lipinski definition) is 18. The van der Waals surface area contributed by atoms with E-state index in [1.54, 1.807) is 6.08 Å². The predicted octanol–water partition coefficient (Wildman–Crippen LogP) is 7.32. The van der Waals surface area contributed by atoms with Crippen LogP contribution in [-0.2, 0) is 33.2 Å². The van der Waals surface area contributed by atoms with E-state index in [4.69, 9.17) is 28.4 Å². The Labute approximate surface area is 513 Å². The molecule has 3 fully saturated rings. The molecule has 0 aromatic carbocycles. The van der Waals surface area contributed by atoms with Gasteiger partial charge in [0.05, 0.1) is 38.6 Å². The minimum absolute atomic E-state index is 0.197. The second kappa shape index (κ2) is 48.5. The van der Waals surface area contributed by atoms with Crippen molar-refractivity contribution in [1.82, 2.24) is 5.32 Å². The van der Waals surface area contributed by atoms with Gasteiger partial charge in [-0.05, 0) is 77.0 Å². The number of carbonyl (C=O) groups excluding carboxylic acids is 1. The quantitative estimate of drug-likeness (QED) is 0.0210. The first-order valence-corrected chi connectivity index (χ1v) is 32.5. The predicted molar refractivity (Wildman–Crippen MR) is 332 cm³/mol. The Hall–Kier alpha value is -3.29. The molecular formula is C67H113NO18. The lowest BCUT2D eigenvalue weighted by molar-refractivity contribution is -0.379. The zero-order valence-electron chi connectivity index (χ0n) is 51.7. The van der Waals surface area contributed by atoms with Gasteiger partial charge in [-0.1, -0.05) is 201 Å². The third kappa shape index (κ3) is 31.0. The third-order valence-corrected chi connectivity index (χ3v) is 15.6. The van der Waals surface area contributed by atoms with Gasteiger partial charge in [-0.25, -0.2) is 0 Å².